The summed E-state index contributed by atoms with van der Waals surface area (Å²) in [5.74, 6) is -1.16. The number of phenols is 3. The third kappa shape index (κ3) is 9.82. The average molecular weight is 721 g/mol. The van der Waals surface area contributed by atoms with Crippen LogP contribution >= 0.6 is 0 Å². The van der Waals surface area contributed by atoms with E-state index in [0.717, 1.165) is 25.3 Å². The quantitative estimate of drug-likeness (QED) is 0.0695. The van der Waals surface area contributed by atoms with E-state index in [4.69, 9.17) is 23.7 Å². The second-order valence-corrected chi connectivity index (χ2v) is 13.7. The van der Waals surface area contributed by atoms with E-state index in [1.807, 2.05) is 0 Å². The zero-order chi connectivity index (χ0) is 37.0. The van der Waals surface area contributed by atoms with Crippen molar-refractivity contribution in [2.45, 2.75) is 121 Å². The molecule has 0 radical (unpaired) electrons. The highest BCUT2D eigenvalue weighted by Crippen LogP contribution is 2.46. The van der Waals surface area contributed by atoms with Crippen molar-refractivity contribution in [3.05, 3.63) is 65.2 Å². The second kappa shape index (κ2) is 18.7. The number of methoxy groups -OCH3 is 1. The number of carbonyl (C=O) groups excluding carboxylic acids is 2. The first-order valence-corrected chi connectivity index (χ1v) is 18.6. The van der Waals surface area contributed by atoms with Crippen molar-refractivity contribution in [2.24, 2.45) is 0 Å². The fourth-order valence-electron chi connectivity index (χ4n) is 6.80. The summed E-state index contributed by atoms with van der Waals surface area (Å²) in [5, 5.41) is 41.2. The van der Waals surface area contributed by atoms with E-state index in [-0.39, 0.29) is 46.9 Å². The maximum Gasteiger partial charge on any atom is 0.305 e. The molecule has 0 spiro atoms. The molecule has 0 bridgehead atoms. The summed E-state index contributed by atoms with van der Waals surface area (Å²) in [6.07, 6.45) is 11.8. The van der Waals surface area contributed by atoms with E-state index in [2.05, 4.69) is 6.92 Å². The molecule has 2 heterocycles. The van der Waals surface area contributed by atoms with Gasteiger partial charge >= 0.3 is 5.97 Å². The summed E-state index contributed by atoms with van der Waals surface area (Å²) < 4.78 is 29.6. The van der Waals surface area contributed by atoms with E-state index in [9.17, 15) is 30.0 Å². The summed E-state index contributed by atoms with van der Waals surface area (Å²) >= 11 is 0. The molecule has 4 atom stereocenters. The van der Waals surface area contributed by atoms with Gasteiger partial charge in [0.1, 0.15) is 29.4 Å². The molecule has 4 N–H and O–H groups in total. The molecule has 0 saturated carbocycles. The number of rotatable bonds is 19. The van der Waals surface area contributed by atoms with Crippen LogP contribution in [0.2, 0.25) is 0 Å². The highest BCUT2D eigenvalue weighted by atomic mass is 16.6. The van der Waals surface area contributed by atoms with E-state index in [1.165, 1.54) is 83.5 Å². The van der Waals surface area contributed by atoms with Crippen molar-refractivity contribution in [1.82, 2.24) is 0 Å². The van der Waals surface area contributed by atoms with Crippen LogP contribution in [0.5, 0.6) is 40.2 Å². The average Bonchev–Trinajstić information content (AvgIpc) is 3.13. The molecule has 2 aliphatic heterocycles. The lowest BCUT2D eigenvalue weighted by Crippen LogP contribution is -2.38. The summed E-state index contributed by atoms with van der Waals surface area (Å²) in [5.41, 5.74) is 0.751. The zero-order valence-corrected chi connectivity index (χ0v) is 30.2. The molecular weight excluding hydrogens is 668 g/mol. The van der Waals surface area contributed by atoms with Crippen LogP contribution in [0.15, 0.2) is 48.5 Å². The third-order valence-corrected chi connectivity index (χ3v) is 9.71. The molecule has 0 aromatic heterocycles. The molecular formula is C41H52O11. The first-order chi connectivity index (χ1) is 25.2. The maximum atomic E-state index is 13.0. The molecule has 0 saturated heterocycles. The van der Waals surface area contributed by atoms with Crippen LogP contribution < -0.4 is 18.9 Å². The second-order valence-electron chi connectivity index (χ2n) is 13.7. The molecule has 2 unspecified atom stereocenters. The van der Waals surface area contributed by atoms with Gasteiger partial charge in [0.2, 0.25) is 5.78 Å². The van der Waals surface area contributed by atoms with Gasteiger partial charge in [0.05, 0.1) is 7.11 Å². The minimum Gasteiger partial charge on any atom is -0.508 e. The number of hydrogen-bond donors (Lipinski definition) is 4. The molecule has 0 aliphatic carbocycles. The number of fused-ring (bicyclic) bond motifs is 2. The fourth-order valence-corrected chi connectivity index (χ4v) is 6.80. The zero-order valence-electron chi connectivity index (χ0n) is 30.2. The van der Waals surface area contributed by atoms with Gasteiger partial charge in [-0.25, -0.2) is 0 Å². The van der Waals surface area contributed by atoms with Crippen LogP contribution in [0.4, 0.5) is 0 Å². The van der Waals surface area contributed by atoms with Crippen molar-refractivity contribution < 1.29 is 53.7 Å². The van der Waals surface area contributed by atoms with Gasteiger partial charge in [0.25, 0.3) is 0 Å². The van der Waals surface area contributed by atoms with E-state index in [1.54, 1.807) is 30.3 Å². The minimum atomic E-state index is -1.65. The number of aromatic hydroxyl groups is 3. The Balaban J connectivity index is 1.18. The van der Waals surface area contributed by atoms with Crippen LogP contribution in [-0.4, -0.2) is 58.1 Å². The number of ether oxygens (including phenoxy) is 5. The number of aliphatic hydroxyl groups is 1. The molecule has 11 nitrogen and oxygen atoms in total. The normalized spacial score (nSPS) is 19.1. The van der Waals surface area contributed by atoms with Gasteiger partial charge in [-0.15, -0.1) is 0 Å². The number of hydrogen-bond acceptors (Lipinski definition) is 11. The Labute approximate surface area is 305 Å². The standard InChI is InChI=1S/C41H52O11/c1-3-4-5-6-7-8-9-10-11-12-13-14-15-16-36(45)49-25-35-40(26-17-19-29(43)32(21-26)48-2)51-33-22-27(18-20-31(33)50-35)41-39(47)38(46)37-30(44)23-28(42)24-34(37)52-41/h17-24,35,39-44,47H,3-16,25H2,1-2H3/t35?,39-,40?,41+/m0/s1. The number of esters is 1. The van der Waals surface area contributed by atoms with Gasteiger partial charge in [-0.3, -0.25) is 9.59 Å². The third-order valence-electron chi connectivity index (χ3n) is 9.71. The van der Waals surface area contributed by atoms with Crippen molar-refractivity contribution >= 4 is 11.8 Å². The number of benzene rings is 3. The van der Waals surface area contributed by atoms with Crippen LogP contribution in [0, 0.1) is 0 Å². The lowest BCUT2D eigenvalue weighted by molar-refractivity contribution is -0.148. The van der Waals surface area contributed by atoms with Crippen molar-refractivity contribution in [1.29, 1.82) is 0 Å². The van der Waals surface area contributed by atoms with E-state index >= 15 is 0 Å². The Kier molecular flexibility index (Phi) is 13.9. The Bertz CT molecular complexity index is 1650. The molecule has 3 aromatic carbocycles. The van der Waals surface area contributed by atoms with Gasteiger partial charge in [-0.1, -0.05) is 96.1 Å². The summed E-state index contributed by atoms with van der Waals surface area (Å²) in [4.78, 5) is 25.8. The highest BCUT2D eigenvalue weighted by Gasteiger charge is 2.41. The predicted molar refractivity (Wildman–Crippen MR) is 194 cm³/mol. The number of unbranched alkanes of at least 4 members (excludes halogenated alkanes) is 12. The van der Waals surface area contributed by atoms with Gasteiger partial charge in [-0.05, 0) is 36.2 Å². The fraction of sp³-hybridized carbons (Fsp3) is 0.512. The SMILES string of the molecule is CCCCCCCCCCCCCCCC(=O)OCC1Oc2ccc([C@H]3Oc4cc(O)cc(O)c4C(=O)[C@@H]3O)cc2OC1c1ccc(O)c(OC)c1. The van der Waals surface area contributed by atoms with Crippen LogP contribution in [0.25, 0.3) is 0 Å². The van der Waals surface area contributed by atoms with E-state index < -0.39 is 35.9 Å². The van der Waals surface area contributed by atoms with Crippen molar-refractivity contribution in [3.63, 3.8) is 0 Å². The lowest BCUT2D eigenvalue weighted by atomic mass is 9.92. The van der Waals surface area contributed by atoms with Gasteiger partial charge in [0, 0.05) is 24.1 Å². The molecule has 11 heteroatoms. The molecule has 282 valence electrons. The number of phenolic OH excluding ortho intramolecular Hbond substituents is 3. The molecule has 0 fully saturated rings. The topological polar surface area (TPSA) is 161 Å². The molecule has 5 rings (SSSR count). The van der Waals surface area contributed by atoms with Crippen molar-refractivity contribution in [3.8, 4) is 40.2 Å². The largest absolute Gasteiger partial charge is 0.508 e. The molecule has 52 heavy (non-hydrogen) atoms. The summed E-state index contributed by atoms with van der Waals surface area (Å²) in [7, 11) is 1.43. The summed E-state index contributed by atoms with van der Waals surface area (Å²) in [6.45, 7) is 2.15. The first-order valence-electron chi connectivity index (χ1n) is 18.6. The Morgan fingerprint density at radius 2 is 1.31 bits per heavy atom. The lowest BCUT2D eigenvalue weighted by Gasteiger charge is -2.35. The first kappa shape index (κ1) is 38.6. The molecule has 0 amide bonds. The number of carbonyl (C=O) groups is 2. The van der Waals surface area contributed by atoms with Gasteiger partial charge < -0.3 is 44.1 Å². The van der Waals surface area contributed by atoms with Gasteiger partial charge in [-0.2, -0.15) is 0 Å². The van der Waals surface area contributed by atoms with E-state index in [0.29, 0.717) is 23.3 Å². The number of Topliss-reactive ketones (excluding diaryl/α,β-unsaturated/α-hetero) is 1. The minimum absolute atomic E-state index is 0.0584. The van der Waals surface area contributed by atoms with Crippen molar-refractivity contribution in [2.75, 3.05) is 13.7 Å². The number of aliphatic hydroxyl groups excluding tert-OH is 1. The Morgan fingerprint density at radius 3 is 1.98 bits per heavy atom. The smallest absolute Gasteiger partial charge is 0.305 e. The Hall–Kier alpha value is -4.64. The molecule has 3 aromatic rings. The summed E-state index contributed by atoms with van der Waals surface area (Å²) in [6, 6.07) is 11.7. The van der Waals surface area contributed by atoms with Gasteiger partial charge in [0.15, 0.2) is 47.4 Å². The number of ketones is 1. The highest BCUT2D eigenvalue weighted by molar-refractivity contribution is 6.05. The maximum absolute atomic E-state index is 13.0. The molecule has 2 aliphatic rings. The van der Waals surface area contributed by atoms with Crippen LogP contribution in [-0.2, 0) is 9.53 Å². The predicted octanol–water partition coefficient (Wildman–Crippen LogP) is 8.39. The van der Waals surface area contributed by atoms with Crippen LogP contribution in [0.1, 0.15) is 131 Å². The van der Waals surface area contributed by atoms with Crippen LogP contribution in [0.3, 0.4) is 0 Å². The Morgan fingerprint density at radius 1 is 0.692 bits per heavy atom. The monoisotopic (exact) mass is 720 g/mol.